The molecule has 1 atom stereocenters. The van der Waals surface area contributed by atoms with Crippen LogP contribution in [0.1, 0.15) is 32.8 Å². The average Bonchev–Trinajstić information content (AvgIpc) is 2.95. The van der Waals surface area contributed by atoms with E-state index in [1.165, 1.54) is 42.3 Å². The lowest BCUT2D eigenvalue weighted by molar-refractivity contribution is -0.140. The molecule has 0 fully saturated rings. The molecular weight excluding hydrogens is 585 g/mol. The molecular formula is C30H35Cl2N3O5S. The number of nitrogens with zero attached hydrogens (tertiary/aromatic N) is 2. The Morgan fingerprint density at radius 2 is 1.61 bits per heavy atom. The topological polar surface area (TPSA) is 96.0 Å². The Hall–Kier alpha value is -3.27. The van der Waals surface area contributed by atoms with Gasteiger partial charge in [0.1, 0.15) is 18.3 Å². The zero-order valence-electron chi connectivity index (χ0n) is 23.5. The minimum absolute atomic E-state index is 0.0305. The van der Waals surface area contributed by atoms with Crippen molar-refractivity contribution in [1.82, 2.24) is 10.2 Å². The van der Waals surface area contributed by atoms with Gasteiger partial charge in [-0.3, -0.25) is 13.9 Å². The number of carbonyl (C=O) groups is 2. The summed E-state index contributed by atoms with van der Waals surface area (Å²) in [6, 6.07) is 18.3. The largest absolute Gasteiger partial charge is 0.497 e. The molecule has 0 spiro atoms. The molecule has 2 amide bonds. The molecule has 41 heavy (non-hydrogen) atoms. The van der Waals surface area contributed by atoms with Crippen LogP contribution in [-0.4, -0.2) is 51.4 Å². The van der Waals surface area contributed by atoms with Crippen molar-refractivity contribution in [2.75, 3.05) is 24.5 Å². The molecule has 0 radical (unpaired) electrons. The first kappa shape index (κ1) is 32.2. The van der Waals surface area contributed by atoms with E-state index >= 15 is 0 Å². The van der Waals surface area contributed by atoms with Gasteiger partial charge in [0.05, 0.1) is 17.7 Å². The summed E-state index contributed by atoms with van der Waals surface area (Å²) in [4.78, 5) is 28.7. The molecule has 0 bridgehead atoms. The molecule has 3 rings (SSSR count). The van der Waals surface area contributed by atoms with Gasteiger partial charge in [0.2, 0.25) is 11.8 Å². The molecule has 1 N–H and O–H groups in total. The van der Waals surface area contributed by atoms with E-state index in [0.717, 1.165) is 9.87 Å². The van der Waals surface area contributed by atoms with Crippen molar-refractivity contribution in [3.63, 3.8) is 0 Å². The van der Waals surface area contributed by atoms with E-state index in [-0.39, 0.29) is 29.0 Å². The molecule has 3 aromatic carbocycles. The van der Waals surface area contributed by atoms with Crippen LogP contribution < -0.4 is 14.4 Å². The molecule has 1 unspecified atom stereocenters. The minimum atomic E-state index is -4.22. The smallest absolute Gasteiger partial charge is 0.264 e. The monoisotopic (exact) mass is 619 g/mol. The van der Waals surface area contributed by atoms with Crippen LogP contribution in [0.3, 0.4) is 0 Å². The van der Waals surface area contributed by atoms with Crippen LogP contribution in [0.4, 0.5) is 5.69 Å². The number of amides is 2. The van der Waals surface area contributed by atoms with Crippen molar-refractivity contribution >= 4 is 50.7 Å². The first-order valence-corrected chi connectivity index (χ1v) is 15.4. The quantitative estimate of drug-likeness (QED) is 0.262. The second kappa shape index (κ2) is 14.6. The fourth-order valence-electron chi connectivity index (χ4n) is 4.16. The van der Waals surface area contributed by atoms with E-state index in [1.54, 1.807) is 42.5 Å². The Morgan fingerprint density at radius 1 is 0.951 bits per heavy atom. The van der Waals surface area contributed by atoms with E-state index in [1.807, 2.05) is 20.8 Å². The number of hydrogen-bond acceptors (Lipinski definition) is 5. The average molecular weight is 621 g/mol. The van der Waals surface area contributed by atoms with Gasteiger partial charge in [-0.1, -0.05) is 62.2 Å². The van der Waals surface area contributed by atoms with Crippen LogP contribution >= 0.6 is 23.2 Å². The summed E-state index contributed by atoms with van der Waals surface area (Å²) < 4.78 is 34.0. The SMILES string of the molecule is CCC(C(=O)NCC(C)C)N(Cc1ccc(Cl)cc1)C(=O)CN(c1cccc(Cl)c1)S(=O)(=O)c1ccc(OC)cc1. The van der Waals surface area contributed by atoms with Crippen LogP contribution in [0.5, 0.6) is 5.75 Å². The normalized spacial score (nSPS) is 12.1. The van der Waals surface area contributed by atoms with Crippen molar-refractivity contribution in [3.05, 3.63) is 88.4 Å². The standard InChI is InChI=1S/C30H35Cl2N3O5S/c1-5-28(30(37)33-18-21(2)3)34(19-22-9-11-23(31)12-10-22)29(36)20-35(25-8-6-7-24(32)17-25)41(38,39)27-15-13-26(40-4)14-16-27/h6-17,21,28H,5,18-20H2,1-4H3,(H,33,37). The number of sulfonamides is 1. The second-order valence-electron chi connectivity index (χ2n) is 9.88. The molecule has 0 aliphatic carbocycles. The second-order valence-corrected chi connectivity index (χ2v) is 12.6. The molecule has 3 aromatic rings. The Kier molecular flexibility index (Phi) is 11.5. The predicted molar refractivity (Wildman–Crippen MR) is 163 cm³/mol. The summed E-state index contributed by atoms with van der Waals surface area (Å²) in [5, 5.41) is 3.75. The van der Waals surface area contributed by atoms with Crippen LogP contribution in [-0.2, 0) is 26.2 Å². The van der Waals surface area contributed by atoms with Gasteiger partial charge in [0.25, 0.3) is 10.0 Å². The highest BCUT2D eigenvalue weighted by molar-refractivity contribution is 7.92. The first-order valence-electron chi connectivity index (χ1n) is 13.2. The molecule has 0 aliphatic rings. The van der Waals surface area contributed by atoms with Crippen LogP contribution in [0.15, 0.2) is 77.7 Å². The maximum Gasteiger partial charge on any atom is 0.264 e. The van der Waals surface area contributed by atoms with Gasteiger partial charge >= 0.3 is 0 Å². The molecule has 0 saturated carbocycles. The van der Waals surface area contributed by atoms with Crippen LogP contribution in [0, 0.1) is 5.92 Å². The number of halogens is 2. The van der Waals surface area contributed by atoms with Gasteiger partial charge < -0.3 is 15.0 Å². The van der Waals surface area contributed by atoms with Gasteiger partial charge in [-0.2, -0.15) is 0 Å². The summed E-state index contributed by atoms with van der Waals surface area (Å²) >= 11 is 12.3. The van der Waals surface area contributed by atoms with Gasteiger partial charge in [0.15, 0.2) is 0 Å². The molecule has 0 saturated heterocycles. The zero-order valence-corrected chi connectivity index (χ0v) is 25.8. The summed E-state index contributed by atoms with van der Waals surface area (Å²) in [6.07, 6.45) is 0.325. The van der Waals surface area contributed by atoms with Gasteiger partial charge in [-0.05, 0) is 72.5 Å². The highest BCUT2D eigenvalue weighted by Gasteiger charge is 2.33. The highest BCUT2D eigenvalue weighted by Crippen LogP contribution is 2.28. The number of benzene rings is 3. The molecule has 8 nitrogen and oxygen atoms in total. The highest BCUT2D eigenvalue weighted by atomic mass is 35.5. The van der Waals surface area contributed by atoms with E-state index < -0.39 is 28.5 Å². The third-order valence-electron chi connectivity index (χ3n) is 6.36. The lowest BCUT2D eigenvalue weighted by Gasteiger charge is -2.33. The third-order valence-corrected chi connectivity index (χ3v) is 8.63. The Labute approximate surface area is 252 Å². The van der Waals surface area contributed by atoms with Crippen molar-refractivity contribution in [2.24, 2.45) is 5.92 Å². The fraction of sp³-hybridized carbons (Fsp3) is 0.333. The number of rotatable bonds is 13. The lowest BCUT2D eigenvalue weighted by atomic mass is 10.1. The minimum Gasteiger partial charge on any atom is -0.497 e. The van der Waals surface area contributed by atoms with Crippen molar-refractivity contribution < 1.29 is 22.7 Å². The maximum absolute atomic E-state index is 14.1. The van der Waals surface area contributed by atoms with E-state index in [4.69, 9.17) is 27.9 Å². The van der Waals surface area contributed by atoms with Gasteiger partial charge in [0, 0.05) is 23.1 Å². The van der Waals surface area contributed by atoms with Crippen molar-refractivity contribution in [3.8, 4) is 5.75 Å². The van der Waals surface area contributed by atoms with Gasteiger partial charge in [-0.25, -0.2) is 8.42 Å². The van der Waals surface area contributed by atoms with Gasteiger partial charge in [-0.15, -0.1) is 0 Å². The Bertz CT molecular complexity index is 1430. The number of ether oxygens (including phenoxy) is 1. The molecule has 0 heterocycles. The Morgan fingerprint density at radius 3 is 2.17 bits per heavy atom. The molecule has 0 aromatic heterocycles. The third kappa shape index (κ3) is 8.61. The number of anilines is 1. The molecule has 11 heteroatoms. The summed E-state index contributed by atoms with van der Waals surface area (Å²) in [7, 11) is -2.74. The van der Waals surface area contributed by atoms with Crippen molar-refractivity contribution in [2.45, 2.75) is 44.7 Å². The summed E-state index contributed by atoms with van der Waals surface area (Å²) in [6.45, 7) is 5.73. The summed E-state index contributed by atoms with van der Waals surface area (Å²) in [5.41, 5.74) is 0.954. The van der Waals surface area contributed by atoms with Crippen LogP contribution in [0.2, 0.25) is 10.0 Å². The van der Waals surface area contributed by atoms with Crippen molar-refractivity contribution in [1.29, 1.82) is 0 Å². The Balaban J connectivity index is 2.04. The number of carbonyl (C=O) groups excluding carboxylic acids is 2. The predicted octanol–water partition coefficient (Wildman–Crippen LogP) is 5.78. The van der Waals surface area contributed by atoms with Crippen LogP contribution in [0.25, 0.3) is 0 Å². The zero-order chi connectivity index (χ0) is 30.2. The van der Waals surface area contributed by atoms with E-state index in [0.29, 0.717) is 28.8 Å². The summed E-state index contributed by atoms with van der Waals surface area (Å²) in [5.74, 6) is -0.161. The maximum atomic E-state index is 14.1. The van der Waals surface area contributed by atoms with E-state index in [9.17, 15) is 18.0 Å². The number of hydrogen-bond donors (Lipinski definition) is 1. The first-order chi connectivity index (χ1) is 19.5. The van der Waals surface area contributed by atoms with E-state index in [2.05, 4.69) is 5.32 Å². The molecule has 0 aliphatic heterocycles. The number of methoxy groups -OCH3 is 1. The number of nitrogens with one attached hydrogen (secondary N) is 1. The molecule has 220 valence electrons. The fourth-order valence-corrected chi connectivity index (χ4v) is 5.88. The lowest BCUT2D eigenvalue weighted by Crippen LogP contribution is -2.52.